The molecular formula is C77H50N2. The highest BCUT2D eigenvalue weighted by Crippen LogP contribution is 2.63. The number of para-hydroxylation sites is 3. The molecule has 16 rings (SSSR count). The Hall–Kier alpha value is -10.3. The van der Waals surface area contributed by atoms with E-state index in [0.29, 0.717) is 0 Å². The normalized spacial score (nSPS) is 12.7. The van der Waals surface area contributed by atoms with E-state index in [0.717, 1.165) is 22.6 Å². The third-order valence-electron chi connectivity index (χ3n) is 17.1. The molecule has 0 aliphatic heterocycles. The van der Waals surface area contributed by atoms with Crippen molar-refractivity contribution in [2.24, 2.45) is 0 Å². The lowest BCUT2D eigenvalue weighted by Crippen LogP contribution is -2.25. The standard InChI is InChI=1S/C77H50N2/c1-2-18-61-54(16-1)17-15-25-62(61)55-40-47-60(48-41-55)78(58-43-36-52(37-44-58)51-32-34-56(35-33-51)63-19-6-12-29-74(63)79-75-30-13-7-23-68(75)69-24-8-14-31-76(69)79)59-45-38-53(39-46-59)57-42-49-67-66-22-5-11-28-72(66)77(73(67)50-57)70-26-9-3-20-64(70)65-21-4-10-27-71(65)77/h1-50H. The Labute approximate surface area is 460 Å². The summed E-state index contributed by atoms with van der Waals surface area (Å²) >= 11 is 0. The van der Waals surface area contributed by atoms with Gasteiger partial charge in [-0.1, -0.05) is 243 Å². The van der Waals surface area contributed by atoms with Gasteiger partial charge >= 0.3 is 0 Å². The molecular weight excluding hydrogens is 953 g/mol. The summed E-state index contributed by atoms with van der Waals surface area (Å²) in [4.78, 5) is 2.38. The van der Waals surface area contributed by atoms with Crippen molar-refractivity contribution in [2.75, 3.05) is 4.90 Å². The van der Waals surface area contributed by atoms with Gasteiger partial charge in [0.05, 0.1) is 22.1 Å². The molecule has 0 radical (unpaired) electrons. The number of hydrogen-bond acceptors (Lipinski definition) is 1. The molecule has 0 unspecified atom stereocenters. The minimum Gasteiger partial charge on any atom is -0.311 e. The van der Waals surface area contributed by atoms with Gasteiger partial charge < -0.3 is 9.47 Å². The highest BCUT2D eigenvalue weighted by atomic mass is 15.1. The molecule has 368 valence electrons. The third-order valence-corrected chi connectivity index (χ3v) is 17.1. The topological polar surface area (TPSA) is 8.17 Å². The van der Waals surface area contributed by atoms with Crippen LogP contribution in [0.15, 0.2) is 303 Å². The zero-order chi connectivity index (χ0) is 52.0. The van der Waals surface area contributed by atoms with Gasteiger partial charge in [-0.3, -0.25) is 0 Å². The fourth-order valence-corrected chi connectivity index (χ4v) is 13.5. The van der Waals surface area contributed by atoms with Gasteiger partial charge in [0.2, 0.25) is 0 Å². The maximum atomic E-state index is 2.48. The zero-order valence-electron chi connectivity index (χ0n) is 43.3. The highest BCUT2D eigenvalue weighted by Gasteiger charge is 2.51. The monoisotopic (exact) mass is 1000 g/mol. The Bertz CT molecular complexity index is 4570. The summed E-state index contributed by atoms with van der Waals surface area (Å²) in [7, 11) is 0. The number of fused-ring (bicyclic) bond motifs is 14. The minimum atomic E-state index is -0.391. The maximum absolute atomic E-state index is 2.48. The fourth-order valence-electron chi connectivity index (χ4n) is 13.5. The van der Waals surface area contributed by atoms with Gasteiger partial charge in [-0.05, 0) is 155 Å². The summed E-state index contributed by atoms with van der Waals surface area (Å²) < 4.78 is 2.42. The number of benzene rings is 13. The van der Waals surface area contributed by atoms with Crippen molar-refractivity contribution in [3.05, 3.63) is 326 Å². The van der Waals surface area contributed by atoms with Gasteiger partial charge in [0.25, 0.3) is 0 Å². The Morgan fingerprint density at radius 2 is 0.608 bits per heavy atom. The van der Waals surface area contributed by atoms with Crippen molar-refractivity contribution in [1.29, 1.82) is 0 Å². The smallest absolute Gasteiger partial charge is 0.0725 e. The van der Waals surface area contributed by atoms with Gasteiger partial charge in [-0.2, -0.15) is 0 Å². The molecule has 2 aliphatic rings. The number of anilines is 3. The molecule has 1 aromatic heterocycles. The van der Waals surface area contributed by atoms with E-state index in [-0.39, 0.29) is 0 Å². The lowest BCUT2D eigenvalue weighted by Gasteiger charge is -2.30. The SMILES string of the molecule is c1ccc(-n2c3ccccc3c3ccccc32)c(-c2ccc(-c3ccc(N(c4ccc(-c5ccc6c(c5)C5(c7ccccc7-c7ccccc75)c5ccccc5-6)cc4)c4ccc(-c5cccc6ccccc56)cc4)cc3)cc2)c1. The first kappa shape index (κ1) is 45.0. The van der Waals surface area contributed by atoms with Gasteiger partial charge in [-0.25, -0.2) is 0 Å². The third kappa shape index (κ3) is 6.91. The second kappa shape index (κ2) is 17.9. The molecule has 1 heterocycles. The second-order valence-corrected chi connectivity index (χ2v) is 21.1. The molecule has 0 N–H and O–H groups in total. The van der Waals surface area contributed by atoms with Crippen LogP contribution in [0.4, 0.5) is 17.1 Å². The van der Waals surface area contributed by atoms with E-state index in [9.17, 15) is 0 Å². The number of hydrogen-bond donors (Lipinski definition) is 0. The van der Waals surface area contributed by atoms with Gasteiger partial charge in [-0.15, -0.1) is 0 Å². The lowest BCUT2D eigenvalue weighted by molar-refractivity contribution is 0.794. The lowest BCUT2D eigenvalue weighted by atomic mass is 9.70. The number of rotatable bonds is 8. The van der Waals surface area contributed by atoms with Gasteiger partial charge in [0.15, 0.2) is 0 Å². The van der Waals surface area contributed by atoms with Crippen LogP contribution < -0.4 is 4.90 Å². The van der Waals surface area contributed by atoms with Crippen molar-refractivity contribution in [1.82, 2.24) is 4.57 Å². The summed E-state index contributed by atoms with van der Waals surface area (Å²) in [6.07, 6.45) is 0. The van der Waals surface area contributed by atoms with E-state index in [1.165, 1.54) is 122 Å². The minimum absolute atomic E-state index is 0.391. The first-order chi connectivity index (χ1) is 39.2. The zero-order valence-corrected chi connectivity index (χ0v) is 43.3. The second-order valence-electron chi connectivity index (χ2n) is 21.1. The first-order valence-electron chi connectivity index (χ1n) is 27.4. The van der Waals surface area contributed by atoms with Crippen LogP contribution in [0.3, 0.4) is 0 Å². The van der Waals surface area contributed by atoms with Crippen molar-refractivity contribution in [3.63, 3.8) is 0 Å². The molecule has 0 saturated heterocycles. The predicted molar refractivity (Wildman–Crippen MR) is 331 cm³/mol. The summed E-state index contributed by atoms with van der Waals surface area (Å²) in [6.45, 7) is 0. The van der Waals surface area contributed by atoms with Crippen molar-refractivity contribution < 1.29 is 0 Å². The van der Waals surface area contributed by atoms with Crippen molar-refractivity contribution in [2.45, 2.75) is 5.41 Å². The highest BCUT2D eigenvalue weighted by molar-refractivity contribution is 6.10. The van der Waals surface area contributed by atoms with Crippen LogP contribution >= 0.6 is 0 Å². The van der Waals surface area contributed by atoms with Gasteiger partial charge in [0, 0.05) is 33.4 Å². The van der Waals surface area contributed by atoms with E-state index < -0.39 is 5.41 Å². The maximum Gasteiger partial charge on any atom is 0.0725 e. The predicted octanol–water partition coefficient (Wildman–Crippen LogP) is 20.4. The molecule has 0 fully saturated rings. The summed E-state index contributed by atoms with van der Waals surface area (Å²) in [6, 6.07) is 112. The molecule has 13 aromatic carbocycles. The number of nitrogens with zero attached hydrogens (tertiary/aromatic N) is 2. The molecule has 1 spiro atoms. The molecule has 2 aliphatic carbocycles. The molecule has 14 aromatic rings. The first-order valence-corrected chi connectivity index (χ1v) is 27.4. The molecule has 0 atom stereocenters. The molecule has 0 amide bonds. The number of aromatic nitrogens is 1. The van der Waals surface area contributed by atoms with E-state index in [4.69, 9.17) is 0 Å². The fraction of sp³-hybridized carbons (Fsp3) is 0.0130. The van der Waals surface area contributed by atoms with Crippen molar-refractivity contribution >= 4 is 49.6 Å². The van der Waals surface area contributed by atoms with Crippen molar-refractivity contribution in [3.8, 4) is 72.4 Å². The van der Waals surface area contributed by atoms with E-state index >= 15 is 0 Å². The van der Waals surface area contributed by atoms with Gasteiger partial charge in [0.1, 0.15) is 0 Å². The summed E-state index contributed by atoms with van der Waals surface area (Å²) in [5.41, 5.74) is 26.7. The Morgan fingerprint density at radius 1 is 0.241 bits per heavy atom. The van der Waals surface area contributed by atoms with Crippen LogP contribution in [0.1, 0.15) is 22.3 Å². The molecule has 2 nitrogen and oxygen atoms in total. The summed E-state index contributed by atoms with van der Waals surface area (Å²) in [5, 5.41) is 5.02. The van der Waals surface area contributed by atoms with Crippen LogP contribution in [0.2, 0.25) is 0 Å². The molecule has 0 saturated carbocycles. The quantitative estimate of drug-likeness (QED) is 0.147. The van der Waals surface area contributed by atoms with Crippen LogP contribution in [0.5, 0.6) is 0 Å². The van der Waals surface area contributed by atoms with Crippen LogP contribution in [-0.2, 0) is 5.41 Å². The molecule has 0 bridgehead atoms. The molecule has 79 heavy (non-hydrogen) atoms. The van der Waals surface area contributed by atoms with E-state index in [1.807, 2.05) is 0 Å². The largest absolute Gasteiger partial charge is 0.311 e. The summed E-state index contributed by atoms with van der Waals surface area (Å²) in [5.74, 6) is 0. The Balaban J connectivity index is 0.760. The average molecular weight is 1000 g/mol. The Morgan fingerprint density at radius 3 is 1.18 bits per heavy atom. The van der Waals surface area contributed by atoms with E-state index in [1.54, 1.807) is 0 Å². The van der Waals surface area contributed by atoms with E-state index in [2.05, 4.69) is 313 Å². The molecule has 2 heteroatoms. The average Bonchev–Trinajstić information content (AvgIpc) is 3.86. The Kier molecular flexibility index (Phi) is 10.2. The van der Waals surface area contributed by atoms with Crippen LogP contribution in [0.25, 0.3) is 105 Å². The van der Waals surface area contributed by atoms with Crippen LogP contribution in [-0.4, -0.2) is 4.57 Å². The van der Waals surface area contributed by atoms with Crippen LogP contribution in [0, 0.1) is 0 Å².